The van der Waals surface area contributed by atoms with E-state index in [1.807, 2.05) is 0 Å². The van der Waals surface area contributed by atoms with Crippen molar-refractivity contribution in [2.75, 3.05) is 4.90 Å². The van der Waals surface area contributed by atoms with Gasteiger partial charge in [0, 0.05) is 27.9 Å². The Bertz CT molecular complexity index is 2330. The van der Waals surface area contributed by atoms with E-state index in [0.29, 0.717) is 0 Å². The summed E-state index contributed by atoms with van der Waals surface area (Å²) in [5.74, 6) is 0. The van der Waals surface area contributed by atoms with Crippen LogP contribution in [0, 0.1) is 0 Å². The molecule has 0 atom stereocenters. The molecule has 0 amide bonds. The Hall–Kier alpha value is -4.88. The smallest absolute Gasteiger partial charge is 0.0465 e. The normalized spacial score (nSPS) is 17.6. The van der Waals surface area contributed by atoms with Crippen molar-refractivity contribution >= 4 is 17.1 Å². The van der Waals surface area contributed by atoms with Crippen LogP contribution in [0.1, 0.15) is 88.8 Å². The second-order valence-electron chi connectivity index (χ2n) is 16.6. The van der Waals surface area contributed by atoms with Gasteiger partial charge in [-0.15, -0.1) is 0 Å². The summed E-state index contributed by atoms with van der Waals surface area (Å²) in [6.07, 6.45) is 0. The lowest BCUT2D eigenvalue weighted by molar-refractivity contribution is 0.298. The maximum absolute atomic E-state index is 2.48. The number of para-hydroxylation sites is 1. The number of fused-ring (bicyclic) bond motifs is 10. The Morgan fingerprint density at radius 3 is 1.51 bits per heavy atom. The van der Waals surface area contributed by atoms with Gasteiger partial charge >= 0.3 is 0 Å². The molecule has 9 rings (SSSR count). The number of hydrogen-bond acceptors (Lipinski definition) is 1. The first-order valence-corrected chi connectivity index (χ1v) is 17.9. The SMILES string of the molecule is CC1(C)c2ccccc2-c2ccc(N(c3ccccc3)c3ccc4c(c3)C(C)(C)c3c-4ccc4c3-c3ccccc3C(C)(C)C4(C)C)cc21. The maximum Gasteiger partial charge on any atom is 0.0465 e. The van der Waals surface area contributed by atoms with E-state index < -0.39 is 0 Å². The van der Waals surface area contributed by atoms with E-state index in [1.165, 1.54) is 83.8 Å². The van der Waals surface area contributed by atoms with Gasteiger partial charge in [-0.3, -0.25) is 0 Å². The van der Waals surface area contributed by atoms with E-state index in [-0.39, 0.29) is 21.7 Å². The van der Waals surface area contributed by atoms with Gasteiger partial charge < -0.3 is 4.90 Å². The largest absolute Gasteiger partial charge is 0.310 e. The lowest BCUT2D eigenvalue weighted by Crippen LogP contribution is -2.44. The van der Waals surface area contributed by atoms with E-state index in [4.69, 9.17) is 0 Å². The number of hydrogen-bond donors (Lipinski definition) is 0. The van der Waals surface area contributed by atoms with Crippen LogP contribution in [0.25, 0.3) is 33.4 Å². The van der Waals surface area contributed by atoms with Gasteiger partial charge in [0.15, 0.2) is 0 Å². The van der Waals surface area contributed by atoms with Crippen LogP contribution in [0.5, 0.6) is 0 Å². The summed E-state index contributed by atoms with van der Waals surface area (Å²) in [6.45, 7) is 19.3. The maximum atomic E-state index is 2.48. The Morgan fingerprint density at radius 2 is 0.837 bits per heavy atom. The molecule has 0 radical (unpaired) electrons. The monoisotopic (exact) mass is 635 g/mol. The molecule has 1 heteroatoms. The van der Waals surface area contributed by atoms with E-state index >= 15 is 0 Å². The lowest BCUT2D eigenvalue weighted by Gasteiger charge is -2.49. The van der Waals surface area contributed by atoms with Crippen molar-refractivity contribution in [2.45, 2.75) is 77.0 Å². The summed E-state index contributed by atoms with van der Waals surface area (Å²) in [6, 6.07) is 48.1. The summed E-state index contributed by atoms with van der Waals surface area (Å²) < 4.78 is 0. The van der Waals surface area contributed by atoms with Crippen molar-refractivity contribution < 1.29 is 0 Å². The van der Waals surface area contributed by atoms with Gasteiger partial charge in [-0.05, 0) is 114 Å². The molecule has 0 N–H and O–H groups in total. The van der Waals surface area contributed by atoms with Crippen LogP contribution in [0.3, 0.4) is 0 Å². The van der Waals surface area contributed by atoms with Crippen molar-refractivity contribution in [3.8, 4) is 33.4 Å². The number of nitrogens with zero attached hydrogens (tertiary/aromatic N) is 1. The lowest BCUT2D eigenvalue weighted by atomic mass is 9.54. The Kier molecular flexibility index (Phi) is 6.07. The van der Waals surface area contributed by atoms with Crippen molar-refractivity contribution in [1.82, 2.24) is 0 Å². The average Bonchev–Trinajstić information content (AvgIpc) is 3.47. The molecule has 242 valence electrons. The second kappa shape index (κ2) is 9.85. The van der Waals surface area contributed by atoms with Crippen molar-refractivity contribution in [3.05, 3.63) is 161 Å². The van der Waals surface area contributed by atoms with Crippen molar-refractivity contribution in [3.63, 3.8) is 0 Å². The minimum Gasteiger partial charge on any atom is -0.310 e. The number of anilines is 3. The van der Waals surface area contributed by atoms with E-state index in [0.717, 1.165) is 0 Å². The first-order chi connectivity index (χ1) is 23.3. The van der Waals surface area contributed by atoms with Crippen LogP contribution < -0.4 is 4.90 Å². The molecule has 0 aliphatic heterocycles. The highest BCUT2D eigenvalue weighted by molar-refractivity contribution is 5.94. The predicted molar refractivity (Wildman–Crippen MR) is 208 cm³/mol. The van der Waals surface area contributed by atoms with Gasteiger partial charge in [-0.25, -0.2) is 0 Å². The first-order valence-electron chi connectivity index (χ1n) is 17.9. The minimum atomic E-state index is -0.180. The fraction of sp³-hybridized carbons (Fsp3) is 0.250. The molecule has 0 saturated heterocycles. The zero-order valence-electron chi connectivity index (χ0n) is 30.1. The van der Waals surface area contributed by atoms with Crippen molar-refractivity contribution in [1.29, 1.82) is 0 Å². The summed E-state index contributed by atoms with van der Waals surface area (Å²) in [4.78, 5) is 2.45. The van der Waals surface area contributed by atoms with Crippen LogP contribution in [-0.4, -0.2) is 0 Å². The standard InChI is InChI=1S/C48H45N/c1-45(2)38-20-14-12-18-33(38)34-24-22-31(28-41(34)45)49(30-16-10-9-11-17-30)32-23-25-35-36-26-27-40-43(44(36)46(3,4)42(35)29-32)37-19-13-15-21-39(37)47(5,6)48(40,7)8/h9-29H,1-8H3. The fourth-order valence-corrected chi connectivity index (χ4v) is 9.61. The third kappa shape index (κ3) is 3.88. The first kappa shape index (κ1) is 30.2. The molecular formula is C48H45N. The quantitative estimate of drug-likeness (QED) is 0.187. The van der Waals surface area contributed by atoms with Crippen molar-refractivity contribution in [2.24, 2.45) is 0 Å². The Morgan fingerprint density at radius 1 is 0.347 bits per heavy atom. The zero-order chi connectivity index (χ0) is 34.1. The van der Waals surface area contributed by atoms with Crippen LogP contribution in [0.15, 0.2) is 127 Å². The molecule has 3 aliphatic rings. The molecule has 0 fully saturated rings. The van der Waals surface area contributed by atoms with E-state index in [2.05, 4.69) is 188 Å². The fourth-order valence-electron chi connectivity index (χ4n) is 9.61. The molecule has 0 bridgehead atoms. The van der Waals surface area contributed by atoms with Crippen LogP contribution in [0.2, 0.25) is 0 Å². The summed E-state index contributed by atoms with van der Waals surface area (Å²) in [7, 11) is 0. The Balaban J connectivity index is 1.23. The molecule has 0 spiro atoms. The molecule has 49 heavy (non-hydrogen) atoms. The van der Waals surface area contributed by atoms with Gasteiger partial charge in [0.1, 0.15) is 0 Å². The summed E-state index contributed by atoms with van der Waals surface area (Å²) in [5, 5.41) is 0. The molecule has 3 aliphatic carbocycles. The molecule has 0 unspecified atom stereocenters. The van der Waals surface area contributed by atoms with E-state index in [9.17, 15) is 0 Å². The molecule has 0 saturated carbocycles. The van der Waals surface area contributed by atoms with Crippen LogP contribution >= 0.6 is 0 Å². The van der Waals surface area contributed by atoms with Crippen LogP contribution in [-0.2, 0) is 21.7 Å². The predicted octanol–water partition coefficient (Wildman–Crippen LogP) is 13.0. The summed E-state index contributed by atoms with van der Waals surface area (Å²) >= 11 is 0. The number of rotatable bonds is 3. The molecule has 1 nitrogen and oxygen atoms in total. The molecule has 0 heterocycles. The molecule has 6 aromatic rings. The highest BCUT2D eigenvalue weighted by Crippen LogP contribution is 2.61. The average molecular weight is 636 g/mol. The molecule has 6 aromatic carbocycles. The topological polar surface area (TPSA) is 3.24 Å². The third-order valence-electron chi connectivity index (χ3n) is 13.0. The number of benzene rings is 6. The molecular weight excluding hydrogens is 591 g/mol. The van der Waals surface area contributed by atoms with Gasteiger partial charge in [0.2, 0.25) is 0 Å². The highest BCUT2D eigenvalue weighted by Gasteiger charge is 2.49. The van der Waals surface area contributed by atoms with Gasteiger partial charge in [0.25, 0.3) is 0 Å². The van der Waals surface area contributed by atoms with E-state index in [1.54, 1.807) is 0 Å². The minimum absolute atomic E-state index is 0.00950. The molecule has 0 aromatic heterocycles. The van der Waals surface area contributed by atoms with Gasteiger partial charge in [-0.1, -0.05) is 146 Å². The van der Waals surface area contributed by atoms with Gasteiger partial charge in [-0.2, -0.15) is 0 Å². The van der Waals surface area contributed by atoms with Gasteiger partial charge in [0.05, 0.1) is 0 Å². The third-order valence-corrected chi connectivity index (χ3v) is 13.0. The summed E-state index contributed by atoms with van der Waals surface area (Å²) in [5.41, 5.74) is 20.1. The highest BCUT2D eigenvalue weighted by atomic mass is 15.1. The van der Waals surface area contributed by atoms with Crippen LogP contribution in [0.4, 0.5) is 17.1 Å². The Labute approximate surface area is 292 Å². The second-order valence-corrected chi connectivity index (χ2v) is 16.6. The zero-order valence-corrected chi connectivity index (χ0v) is 30.1.